The van der Waals surface area contributed by atoms with Gasteiger partial charge in [0.25, 0.3) is 0 Å². The molecule has 2 aliphatic rings. The predicted molar refractivity (Wildman–Crippen MR) is 115 cm³/mol. The standard InChI is InChI=1S/C24H21N3O3/c28-24(15-5-7-25-8-6-15)30-22-14-29-13-18-12-27-11-17-9-16-3-1-2-4-20(16)26-23(17)21(27)10-19(18)22/h1-4,9-12,14-15,25H,5-8,13H2. The maximum absolute atomic E-state index is 12.7. The molecule has 150 valence electrons. The lowest BCUT2D eigenvalue weighted by Crippen LogP contribution is -2.32. The highest BCUT2D eigenvalue weighted by molar-refractivity contribution is 6.01. The fourth-order valence-electron chi connectivity index (χ4n) is 4.44. The van der Waals surface area contributed by atoms with E-state index in [0.717, 1.165) is 64.4 Å². The molecule has 0 unspecified atom stereocenters. The number of aromatic nitrogens is 2. The smallest absolute Gasteiger partial charge is 0.314 e. The zero-order chi connectivity index (χ0) is 20.1. The van der Waals surface area contributed by atoms with Crippen LogP contribution in [0.2, 0.25) is 0 Å². The van der Waals surface area contributed by atoms with E-state index in [1.165, 1.54) is 0 Å². The van der Waals surface area contributed by atoms with Gasteiger partial charge in [0.05, 0.1) is 22.5 Å². The van der Waals surface area contributed by atoms with Gasteiger partial charge < -0.3 is 19.2 Å². The third-order valence-electron chi connectivity index (χ3n) is 6.05. The molecule has 0 saturated carbocycles. The zero-order valence-corrected chi connectivity index (χ0v) is 16.4. The Labute approximate surface area is 173 Å². The van der Waals surface area contributed by atoms with Crippen molar-refractivity contribution in [2.45, 2.75) is 19.4 Å². The molecule has 1 aromatic carbocycles. The quantitative estimate of drug-likeness (QED) is 0.516. The third-order valence-corrected chi connectivity index (χ3v) is 6.05. The summed E-state index contributed by atoms with van der Waals surface area (Å²) in [7, 11) is 0. The van der Waals surface area contributed by atoms with E-state index >= 15 is 0 Å². The summed E-state index contributed by atoms with van der Waals surface area (Å²) in [6, 6.07) is 12.3. The van der Waals surface area contributed by atoms with Crippen LogP contribution in [0.15, 0.2) is 55.1 Å². The number of piperidine rings is 1. The number of nitrogens with zero attached hydrogens (tertiary/aromatic N) is 2. The van der Waals surface area contributed by atoms with Crippen LogP contribution in [0.25, 0.3) is 33.1 Å². The molecule has 6 rings (SSSR count). The number of rotatable bonds is 2. The van der Waals surface area contributed by atoms with Gasteiger partial charge in [-0.05, 0) is 44.1 Å². The number of nitrogens with one attached hydrogen (secondary N) is 1. The van der Waals surface area contributed by atoms with Crippen LogP contribution >= 0.6 is 0 Å². The topological polar surface area (TPSA) is 64.9 Å². The number of carbonyl (C=O) groups excluding carboxylic acids is 1. The molecular formula is C24H21N3O3. The first-order valence-electron chi connectivity index (χ1n) is 10.3. The molecule has 1 fully saturated rings. The lowest BCUT2D eigenvalue weighted by atomic mass is 9.98. The lowest BCUT2D eigenvalue weighted by molar-refractivity contribution is -0.142. The van der Waals surface area contributed by atoms with E-state index < -0.39 is 0 Å². The highest BCUT2D eigenvalue weighted by atomic mass is 16.6. The van der Waals surface area contributed by atoms with E-state index in [9.17, 15) is 4.79 Å². The Bertz CT molecular complexity index is 1330. The first-order chi connectivity index (χ1) is 14.8. The molecule has 6 nitrogen and oxygen atoms in total. The number of para-hydroxylation sites is 1. The molecule has 2 aliphatic heterocycles. The van der Waals surface area contributed by atoms with Crippen molar-refractivity contribution in [3.63, 3.8) is 0 Å². The second-order valence-electron chi connectivity index (χ2n) is 7.99. The van der Waals surface area contributed by atoms with Crippen molar-refractivity contribution in [3.05, 3.63) is 66.2 Å². The monoisotopic (exact) mass is 399 g/mol. The van der Waals surface area contributed by atoms with Gasteiger partial charge in [0, 0.05) is 34.3 Å². The summed E-state index contributed by atoms with van der Waals surface area (Å²) in [6.07, 6.45) is 7.30. The van der Waals surface area contributed by atoms with Crippen molar-refractivity contribution in [1.29, 1.82) is 0 Å². The summed E-state index contributed by atoms with van der Waals surface area (Å²) in [5.41, 5.74) is 4.77. The zero-order valence-electron chi connectivity index (χ0n) is 16.4. The first-order valence-corrected chi connectivity index (χ1v) is 10.3. The fourth-order valence-corrected chi connectivity index (χ4v) is 4.44. The molecule has 1 saturated heterocycles. The molecule has 0 amide bonds. The van der Waals surface area contributed by atoms with E-state index in [-0.39, 0.29) is 11.9 Å². The van der Waals surface area contributed by atoms with Crippen molar-refractivity contribution < 1.29 is 14.3 Å². The minimum Gasteiger partial charge on any atom is -0.493 e. The molecule has 0 atom stereocenters. The van der Waals surface area contributed by atoms with E-state index in [0.29, 0.717) is 12.4 Å². The van der Waals surface area contributed by atoms with Gasteiger partial charge in [-0.15, -0.1) is 0 Å². The van der Waals surface area contributed by atoms with Gasteiger partial charge in [-0.2, -0.15) is 0 Å². The molecule has 6 heteroatoms. The molecule has 0 spiro atoms. The maximum atomic E-state index is 12.7. The summed E-state index contributed by atoms with van der Waals surface area (Å²) in [4.78, 5) is 17.6. The Balaban J connectivity index is 1.43. The summed E-state index contributed by atoms with van der Waals surface area (Å²) in [5.74, 6) is 0.240. The van der Waals surface area contributed by atoms with E-state index in [4.69, 9.17) is 14.5 Å². The van der Waals surface area contributed by atoms with Crippen molar-refractivity contribution >= 4 is 39.1 Å². The summed E-state index contributed by atoms with van der Waals surface area (Å²) >= 11 is 0. The van der Waals surface area contributed by atoms with Crippen LogP contribution in [0.1, 0.15) is 24.0 Å². The van der Waals surface area contributed by atoms with E-state index in [1.54, 1.807) is 6.26 Å². The van der Waals surface area contributed by atoms with Gasteiger partial charge in [0.2, 0.25) is 0 Å². The predicted octanol–water partition coefficient (Wildman–Crippen LogP) is 4.01. The van der Waals surface area contributed by atoms with Crippen LogP contribution in [0.5, 0.6) is 0 Å². The molecule has 4 aromatic rings. The highest BCUT2D eigenvalue weighted by Crippen LogP contribution is 2.32. The Hall–Kier alpha value is -3.38. The van der Waals surface area contributed by atoms with Crippen LogP contribution < -0.4 is 5.32 Å². The van der Waals surface area contributed by atoms with Crippen LogP contribution in [0.4, 0.5) is 0 Å². The average Bonchev–Trinajstić information content (AvgIpc) is 3.13. The molecule has 5 heterocycles. The van der Waals surface area contributed by atoms with Gasteiger partial charge >= 0.3 is 5.97 Å². The Kier molecular flexibility index (Phi) is 3.99. The van der Waals surface area contributed by atoms with Crippen molar-refractivity contribution in [1.82, 2.24) is 14.7 Å². The third kappa shape index (κ3) is 2.83. The van der Waals surface area contributed by atoms with Crippen LogP contribution in [0.3, 0.4) is 0 Å². The van der Waals surface area contributed by atoms with Gasteiger partial charge in [0.1, 0.15) is 12.9 Å². The average molecular weight is 399 g/mol. The van der Waals surface area contributed by atoms with Crippen molar-refractivity contribution in [2.75, 3.05) is 13.1 Å². The number of hydrogen-bond donors (Lipinski definition) is 1. The molecular weight excluding hydrogens is 378 g/mol. The van der Waals surface area contributed by atoms with Crippen molar-refractivity contribution in [2.24, 2.45) is 5.92 Å². The molecule has 0 aliphatic carbocycles. The van der Waals surface area contributed by atoms with Gasteiger partial charge in [-0.3, -0.25) is 4.79 Å². The summed E-state index contributed by atoms with van der Waals surface area (Å²) in [6.45, 7) is 2.15. The fraction of sp³-hybridized carbons (Fsp3) is 0.250. The Morgan fingerprint density at radius 2 is 2.00 bits per heavy atom. The molecule has 3 aromatic heterocycles. The Morgan fingerprint density at radius 3 is 2.90 bits per heavy atom. The number of ether oxygens (including phenoxy) is 2. The number of esters is 1. The van der Waals surface area contributed by atoms with Gasteiger partial charge in [0.15, 0.2) is 5.76 Å². The van der Waals surface area contributed by atoms with Crippen LogP contribution in [-0.2, 0) is 20.9 Å². The van der Waals surface area contributed by atoms with Gasteiger partial charge in [-0.1, -0.05) is 18.2 Å². The number of benzene rings is 1. The second-order valence-corrected chi connectivity index (χ2v) is 7.99. The first kappa shape index (κ1) is 17.5. The number of hydrogen-bond acceptors (Lipinski definition) is 5. The molecule has 30 heavy (non-hydrogen) atoms. The SMILES string of the molecule is O=C(OC1=COCc2cn3cc4cc5ccccc5nc4c3cc21)C1CCNCC1. The van der Waals surface area contributed by atoms with Crippen LogP contribution in [0, 0.1) is 5.92 Å². The molecule has 0 radical (unpaired) electrons. The second kappa shape index (κ2) is 6.85. The largest absolute Gasteiger partial charge is 0.493 e. The number of carbonyl (C=O) groups is 1. The van der Waals surface area contributed by atoms with E-state index in [2.05, 4.69) is 34.1 Å². The molecule has 0 bridgehead atoms. The number of pyridine rings is 2. The number of fused-ring (bicyclic) bond motifs is 5. The van der Waals surface area contributed by atoms with Gasteiger partial charge in [-0.25, -0.2) is 4.98 Å². The summed E-state index contributed by atoms with van der Waals surface area (Å²) in [5, 5.41) is 5.47. The summed E-state index contributed by atoms with van der Waals surface area (Å²) < 4.78 is 13.5. The minimum absolute atomic E-state index is 0.0663. The highest BCUT2D eigenvalue weighted by Gasteiger charge is 2.26. The lowest BCUT2D eigenvalue weighted by Gasteiger charge is -2.23. The maximum Gasteiger partial charge on any atom is 0.314 e. The normalized spacial score (nSPS) is 17.0. The molecule has 1 N–H and O–H groups in total. The van der Waals surface area contributed by atoms with Crippen LogP contribution in [-0.4, -0.2) is 28.4 Å². The van der Waals surface area contributed by atoms with E-state index in [1.807, 2.05) is 24.4 Å². The van der Waals surface area contributed by atoms with Crippen molar-refractivity contribution in [3.8, 4) is 0 Å². The minimum atomic E-state index is -0.177. The Morgan fingerprint density at radius 1 is 1.13 bits per heavy atom.